The van der Waals surface area contributed by atoms with E-state index in [-0.39, 0.29) is 5.97 Å². The van der Waals surface area contributed by atoms with Crippen LogP contribution in [0.2, 0.25) is 0 Å². The van der Waals surface area contributed by atoms with Crippen LogP contribution in [-0.2, 0) is 9.53 Å². The van der Waals surface area contributed by atoms with Crippen molar-refractivity contribution in [1.82, 2.24) is 0 Å². The molecular formula is C6H11O2. The highest BCUT2D eigenvalue weighted by molar-refractivity contribution is 5.66. The SMILES string of the molecule is CC(=O)O[CH]C(C)C. The molecule has 0 saturated carbocycles. The third-order valence-corrected chi connectivity index (χ3v) is 0.506. The van der Waals surface area contributed by atoms with Crippen molar-refractivity contribution in [2.75, 3.05) is 0 Å². The number of hydrogen-bond donors (Lipinski definition) is 0. The molecule has 0 heterocycles. The predicted octanol–water partition coefficient (Wildman–Crippen LogP) is 1.37. The van der Waals surface area contributed by atoms with E-state index in [0.29, 0.717) is 5.92 Å². The van der Waals surface area contributed by atoms with Crippen LogP contribution >= 0.6 is 0 Å². The first-order valence-electron chi connectivity index (χ1n) is 2.63. The summed E-state index contributed by atoms with van der Waals surface area (Å²) < 4.78 is 4.54. The van der Waals surface area contributed by atoms with Crippen LogP contribution in [-0.4, -0.2) is 5.97 Å². The monoisotopic (exact) mass is 115 g/mol. The summed E-state index contributed by atoms with van der Waals surface area (Å²) in [6.45, 7) is 6.80. The van der Waals surface area contributed by atoms with Gasteiger partial charge < -0.3 is 4.74 Å². The average Bonchev–Trinajstić information content (AvgIpc) is 1.61. The minimum absolute atomic E-state index is 0.251. The second kappa shape index (κ2) is 3.47. The van der Waals surface area contributed by atoms with Gasteiger partial charge in [-0.2, -0.15) is 0 Å². The molecule has 0 saturated heterocycles. The average molecular weight is 115 g/mol. The lowest BCUT2D eigenvalue weighted by Crippen LogP contribution is -1.99. The Bertz CT molecular complexity index is 76.6. The fourth-order valence-electron chi connectivity index (χ4n) is 0.232. The van der Waals surface area contributed by atoms with Crippen LogP contribution in [0, 0.1) is 12.5 Å². The van der Waals surface area contributed by atoms with E-state index < -0.39 is 0 Å². The first-order chi connectivity index (χ1) is 3.63. The van der Waals surface area contributed by atoms with Crippen molar-refractivity contribution >= 4 is 5.97 Å². The van der Waals surface area contributed by atoms with Crippen LogP contribution in [0.15, 0.2) is 0 Å². The minimum Gasteiger partial charge on any atom is -0.458 e. The van der Waals surface area contributed by atoms with Gasteiger partial charge in [-0.05, 0) is 5.92 Å². The number of carbonyl (C=O) groups is 1. The second-order valence-corrected chi connectivity index (χ2v) is 1.99. The van der Waals surface area contributed by atoms with Gasteiger partial charge in [-0.1, -0.05) is 13.8 Å². The van der Waals surface area contributed by atoms with E-state index in [9.17, 15) is 4.79 Å². The molecular weight excluding hydrogens is 104 g/mol. The summed E-state index contributed by atoms with van der Waals surface area (Å²) in [5.41, 5.74) is 0. The summed E-state index contributed by atoms with van der Waals surface area (Å²) in [4.78, 5) is 10.1. The Morgan fingerprint density at radius 2 is 2.12 bits per heavy atom. The van der Waals surface area contributed by atoms with Crippen molar-refractivity contribution in [2.24, 2.45) is 5.92 Å². The fourth-order valence-corrected chi connectivity index (χ4v) is 0.232. The van der Waals surface area contributed by atoms with Gasteiger partial charge in [0.15, 0.2) is 0 Å². The van der Waals surface area contributed by atoms with E-state index >= 15 is 0 Å². The molecule has 0 aromatic rings. The molecule has 0 aromatic carbocycles. The maximum absolute atomic E-state index is 10.1. The third kappa shape index (κ3) is 5.47. The molecule has 47 valence electrons. The smallest absolute Gasteiger partial charge is 0.303 e. The fraction of sp³-hybridized carbons (Fsp3) is 0.667. The van der Waals surface area contributed by atoms with Crippen LogP contribution < -0.4 is 0 Å². The zero-order valence-corrected chi connectivity index (χ0v) is 5.47. The number of hydrogen-bond acceptors (Lipinski definition) is 2. The molecule has 0 aromatic heterocycles. The molecule has 1 radical (unpaired) electrons. The molecule has 8 heavy (non-hydrogen) atoms. The second-order valence-electron chi connectivity index (χ2n) is 1.99. The van der Waals surface area contributed by atoms with Gasteiger partial charge in [0, 0.05) is 6.92 Å². The van der Waals surface area contributed by atoms with E-state index in [2.05, 4.69) is 4.74 Å². The van der Waals surface area contributed by atoms with Crippen LogP contribution in [0.3, 0.4) is 0 Å². The van der Waals surface area contributed by atoms with E-state index in [1.165, 1.54) is 13.5 Å². The van der Waals surface area contributed by atoms with Gasteiger partial charge in [0.2, 0.25) is 0 Å². The highest BCUT2D eigenvalue weighted by Crippen LogP contribution is 1.97. The van der Waals surface area contributed by atoms with Crippen molar-refractivity contribution < 1.29 is 9.53 Å². The van der Waals surface area contributed by atoms with Gasteiger partial charge in [0.05, 0.1) is 0 Å². The molecule has 0 aliphatic rings. The lowest BCUT2D eigenvalue weighted by Gasteiger charge is -2.00. The van der Waals surface area contributed by atoms with Crippen LogP contribution in [0.1, 0.15) is 20.8 Å². The summed E-state index contributed by atoms with van der Waals surface area (Å²) in [6.07, 6.45) is 0. The largest absolute Gasteiger partial charge is 0.458 e. The minimum atomic E-state index is -0.251. The summed E-state index contributed by atoms with van der Waals surface area (Å²) in [7, 11) is 0. The molecule has 2 nitrogen and oxygen atoms in total. The van der Waals surface area contributed by atoms with Crippen LogP contribution in [0.4, 0.5) is 0 Å². The Morgan fingerprint density at radius 1 is 1.62 bits per heavy atom. The van der Waals surface area contributed by atoms with E-state index in [4.69, 9.17) is 0 Å². The summed E-state index contributed by atoms with van der Waals surface area (Å²) in [6, 6.07) is 0. The van der Waals surface area contributed by atoms with Crippen molar-refractivity contribution in [2.45, 2.75) is 20.8 Å². The standard InChI is InChI=1S/C6H11O2/c1-5(2)4-8-6(3)7/h4-5H,1-3H3. The summed E-state index contributed by atoms with van der Waals surface area (Å²) in [5, 5.41) is 0. The topological polar surface area (TPSA) is 26.3 Å². The highest BCUT2D eigenvalue weighted by Gasteiger charge is 1.95. The Labute approximate surface area is 49.8 Å². The highest BCUT2D eigenvalue weighted by atomic mass is 16.5. The molecule has 0 aliphatic heterocycles. The molecule has 0 rings (SSSR count). The molecule has 0 fully saturated rings. The number of carbonyl (C=O) groups excluding carboxylic acids is 1. The van der Waals surface area contributed by atoms with E-state index in [1.54, 1.807) is 0 Å². The molecule has 0 aliphatic carbocycles. The van der Waals surface area contributed by atoms with Gasteiger partial charge >= 0.3 is 5.97 Å². The van der Waals surface area contributed by atoms with Crippen molar-refractivity contribution in [3.05, 3.63) is 6.61 Å². The zero-order valence-electron chi connectivity index (χ0n) is 5.47. The predicted molar refractivity (Wildman–Crippen MR) is 30.9 cm³/mol. The number of ether oxygens (including phenoxy) is 1. The first kappa shape index (κ1) is 7.47. The first-order valence-corrected chi connectivity index (χ1v) is 2.63. The molecule has 0 spiro atoms. The maximum Gasteiger partial charge on any atom is 0.303 e. The van der Waals surface area contributed by atoms with Crippen molar-refractivity contribution in [1.29, 1.82) is 0 Å². The molecule has 0 N–H and O–H groups in total. The Kier molecular flexibility index (Phi) is 3.24. The molecule has 0 amide bonds. The lowest BCUT2D eigenvalue weighted by molar-refractivity contribution is -0.138. The Balaban J connectivity index is 3.05. The van der Waals surface area contributed by atoms with Gasteiger partial charge in [0.25, 0.3) is 0 Å². The van der Waals surface area contributed by atoms with Gasteiger partial charge in [-0.25, -0.2) is 0 Å². The summed E-state index contributed by atoms with van der Waals surface area (Å²) >= 11 is 0. The van der Waals surface area contributed by atoms with Gasteiger partial charge in [0.1, 0.15) is 6.61 Å². The van der Waals surface area contributed by atoms with Gasteiger partial charge in [-0.3, -0.25) is 4.79 Å². The molecule has 0 bridgehead atoms. The van der Waals surface area contributed by atoms with Gasteiger partial charge in [-0.15, -0.1) is 0 Å². The van der Waals surface area contributed by atoms with Crippen LogP contribution in [0.5, 0.6) is 0 Å². The molecule has 0 atom stereocenters. The zero-order chi connectivity index (χ0) is 6.57. The molecule has 2 heteroatoms. The Hall–Kier alpha value is -0.530. The maximum atomic E-state index is 10.1. The lowest BCUT2D eigenvalue weighted by atomic mass is 10.2. The molecule has 0 unspecified atom stereocenters. The summed E-state index contributed by atoms with van der Waals surface area (Å²) in [5.74, 6) is 0.0672. The van der Waals surface area contributed by atoms with Crippen molar-refractivity contribution in [3.8, 4) is 0 Å². The van der Waals surface area contributed by atoms with Crippen LogP contribution in [0.25, 0.3) is 0 Å². The van der Waals surface area contributed by atoms with Crippen molar-refractivity contribution in [3.63, 3.8) is 0 Å². The van der Waals surface area contributed by atoms with E-state index in [0.717, 1.165) is 0 Å². The Morgan fingerprint density at radius 3 is 2.25 bits per heavy atom. The number of esters is 1. The normalized spacial score (nSPS) is 9.50. The quantitative estimate of drug-likeness (QED) is 0.508. The third-order valence-electron chi connectivity index (χ3n) is 0.506. The number of rotatable bonds is 2. The van der Waals surface area contributed by atoms with E-state index in [1.807, 2.05) is 13.8 Å².